The van der Waals surface area contributed by atoms with Crippen molar-refractivity contribution in [3.63, 3.8) is 0 Å². The van der Waals surface area contributed by atoms with Crippen molar-refractivity contribution in [2.24, 2.45) is 0 Å². The molecule has 0 aromatic heterocycles. The van der Waals surface area contributed by atoms with Crippen LogP contribution < -0.4 is 0 Å². The highest BCUT2D eigenvalue weighted by molar-refractivity contribution is 5.72. The maximum absolute atomic E-state index is 10.8. The normalized spacial score (nSPS) is 30.5. The third-order valence-corrected chi connectivity index (χ3v) is 2.17. The molecule has 1 rings (SSSR count). The number of esters is 1. The summed E-state index contributed by atoms with van der Waals surface area (Å²) in [4.78, 5) is 10.8. The monoisotopic (exact) mass is 158 g/mol. The van der Waals surface area contributed by atoms with Gasteiger partial charge in [0.25, 0.3) is 0 Å². The zero-order valence-electron chi connectivity index (χ0n) is 7.05. The molecule has 11 heavy (non-hydrogen) atoms. The van der Waals surface area contributed by atoms with Gasteiger partial charge in [-0.2, -0.15) is 0 Å². The van der Waals surface area contributed by atoms with Crippen molar-refractivity contribution < 1.29 is 14.3 Å². The van der Waals surface area contributed by atoms with Crippen LogP contribution >= 0.6 is 0 Å². The molecule has 0 N–H and O–H groups in total. The first kappa shape index (κ1) is 8.53. The van der Waals surface area contributed by atoms with Crippen LogP contribution in [-0.4, -0.2) is 25.3 Å². The van der Waals surface area contributed by atoms with Gasteiger partial charge in [0, 0.05) is 13.5 Å². The molecule has 0 saturated carbocycles. The highest BCUT2D eigenvalue weighted by atomic mass is 16.6. The van der Waals surface area contributed by atoms with Gasteiger partial charge in [-0.05, 0) is 12.8 Å². The molecule has 0 bridgehead atoms. The minimum atomic E-state index is -0.314. The van der Waals surface area contributed by atoms with E-state index in [1.165, 1.54) is 0 Å². The maximum Gasteiger partial charge on any atom is 0.306 e. The van der Waals surface area contributed by atoms with Crippen LogP contribution in [0.3, 0.4) is 0 Å². The molecule has 1 aliphatic heterocycles. The number of rotatable bonds is 3. The van der Waals surface area contributed by atoms with Crippen molar-refractivity contribution in [3.8, 4) is 0 Å². The molecule has 1 atom stereocenters. The van der Waals surface area contributed by atoms with Crippen molar-refractivity contribution in [1.82, 2.24) is 0 Å². The number of hydrogen-bond acceptors (Lipinski definition) is 3. The average molecular weight is 158 g/mol. The van der Waals surface area contributed by atoms with Crippen LogP contribution in [0.25, 0.3) is 0 Å². The van der Waals surface area contributed by atoms with Crippen molar-refractivity contribution >= 4 is 5.97 Å². The second kappa shape index (κ2) is 3.22. The summed E-state index contributed by atoms with van der Waals surface area (Å²) in [5.41, 5.74) is -0.314. The molecule has 3 heteroatoms. The Bertz CT molecular complexity index is 155. The highest BCUT2D eigenvalue weighted by Crippen LogP contribution is 2.29. The topological polar surface area (TPSA) is 35.5 Å². The van der Waals surface area contributed by atoms with Crippen molar-refractivity contribution in [2.45, 2.75) is 31.8 Å². The molecule has 1 heterocycles. The zero-order valence-corrected chi connectivity index (χ0v) is 7.05. The summed E-state index contributed by atoms with van der Waals surface area (Å²) in [6.07, 6.45) is 2.18. The Morgan fingerprint density at radius 2 is 2.45 bits per heavy atom. The van der Waals surface area contributed by atoms with Crippen LogP contribution in [0.2, 0.25) is 0 Å². The van der Waals surface area contributed by atoms with Gasteiger partial charge in [0.15, 0.2) is 0 Å². The maximum atomic E-state index is 10.8. The van der Waals surface area contributed by atoms with Crippen LogP contribution in [-0.2, 0) is 14.3 Å². The molecular formula is C8H14O3. The Balaban J connectivity index is 2.54. The van der Waals surface area contributed by atoms with Crippen LogP contribution in [0.1, 0.15) is 26.2 Å². The van der Waals surface area contributed by atoms with E-state index in [1.807, 2.05) is 6.92 Å². The molecule has 0 aliphatic carbocycles. The zero-order chi connectivity index (χ0) is 8.32. The van der Waals surface area contributed by atoms with E-state index in [0.717, 1.165) is 12.8 Å². The highest BCUT2D eigenvalue weighted by Gasteiger charge is 2.38. The van der Waals surface area contributed by atoms with E-state index in [1.54, 1.807) is 7.11 Å². The molecule has 1 fully saturated rings. The summed E-state index contributed by atoms with van der Waals surface area (Å²) in [6, 6.07) is 0. The Labute approximate surface area is 66.7 Å². The lowest BCUT2D eigenvalue weighted by Crippen LogP contribution is -2.32. The van der Waals surface area contributed by atoms with Gasteiger partial charge in [-0.25, -0.2) is 0 Å². The molecule has 1 unspecified atom stereocenters. The molecule has 1 saturated heterocycles. The third kappa shape index (κ3) is 1.71. The van der Waals surface area contributed by atoms with Crippen LogP contribution in [0.4, 0.5) is 0 Å². The minimum Gasteiger partial charge on any atom is -0.457 e. The van der Waals surface area contributed by atoms with Gasteiger partial charge >= 0.3 is 5.97 Å². The van der Waals surface area contributed by atoms with Gasteiger partial charge in [-0.15, -0.1) is 0 Å². The van der Waals surface area contributed by atoms with Crippen LogP contribution in [0.15, 0.2) is 0 Å². The van der Waals surface area contributed by atoms with E-state index in [-0.39, 0.29) is 11.6 Å². The number of hydrogen-bond donors (Lipinski definition) is 0. The van der Waals surface area contributed by atoms with E-state index in [9.17, 15) is 4.79 Å². The molecular weight excluding hydrogens is 144 g/mol. The van der Waals surface area contributed by atoms with Gasteiger partial charge in [0.2, 0.25) is 0 Å². The van der Waals surface area contributed by atoms with Crippen molar-refractivity contribution in [1.29, 1.82) is 0 Å². The fraction of sp³-hybridized carbons (Fsp3) is 0.875. The van der Waals surface area contributed by atoms with Crippen molar-refractivity contribution in [3.05, 3.63) is 0 Å². The first-order valence-corrected chi connectivity index (χ1v) is 3.93. The predicted octanol–water partition coefficient (Wildman–Crippen LogP) is 1.12. The molecule has 3 nitrogen and oxygen atoms in total. The van der Waals surface area contributed by atoms with Gasteiger partial charge in [-0.1, -0.05) is 6.92 Å². The lowest BCUT2D eigenvalue weighted by molar-refractivity contribution is -0.152. The molecule has 0 spiro atoms. The lowest BCUT2D eigenvalue weighted by atomic mass is 9.98. The quantitative estimate of drug-likeness (QED) is 0.577. The Morgan fingerprint density at radius 3 is 2.82 bits per heavy atom. The Morgan fingerprint density at radius 1 is 1.73 bits per heavy atom. The molecule has 0 aromatic carbocycles. The Hall–Kier alpha value is -0.570. The summed E-state index contributed by atoms with van der Waals surface area (Å²) >= 11 is 0. The number of cyclic esters (lactones) is 1. The Kier molecular flexibility index (Phi) is 2.49. The molecule has 0 aromatic rings. The summed E-state index contributed by atoms with van der Waals surface area (Å²) in [5.74, 6) is -0.0936. The second-order valence-electron chi connectivity index (χ2n) is 2.94. The van der Waals surface area contributed by atoms with Gasteiger partial charge < -0.3 is 9.47 Å². The lowest BCUT2D eigenvalue weighted by Gasteiger charge is -2.24. The minimum absolute atomic E-state index is 0.0936. The van der Waals surface area contributed by atoms with Crippen molar-refractivity contribution in [2.75, 3.05) is 13.7 Å². The SMILES string of the molecule is CCC1(COC)CCC(=O)O1. The molecule has 0 amide bonds. The molecule has 0 radical (unpaired) electrons. The first-order valence-electron chi connectivity index (χ1n) is 3.93. The predicted molar refractivity (Wildman–Crippen MR) is 40.2 cm³/mol. The summed E-state index contributed by atoms with van der Waals surface area (Å²) in [5, 5.41) is 0. The van der Waals surface area contributed by atoms with E-state index < -0.39 is 0 Å². The summed E-state index contributed by atoms with van der Waals surface area (Å²) in [7, 11) is 1.63. The van der Waals surface area contributed by atoms with Gasteiger partial charge in [0.05, 0.1) is 6.61 Å². The number of methoxy groups -OCH3 is 1. The average Bonchev–Trinajstić information content (AvgIpc) is 2.34. The first-order chi connectivity index (χ1) is 5.22. The summed E-state index contributed by atoms with van der Waals surface area (Å²) in [6.45, 7) is 2.53. The summed E-state index contributed by atoms with van der Waals surface area (Å²) < 4.78 is 10.2. The van der Waals surface area contributed by atoms with E-state index >= 15 is 0 Å². The molecule has 64 valence electrons. The smallest absolute Gasteiger partial charge is 0.306 e. The van der Waals surface area contributed by atoms with Gasteiger partial charge in [0.1, 0.15) is 5.60 Å². The number of carbonyl (C=O) groups excluding carboxylic acids is 1. The fourth-order valence-corrected chi connectivity index (χ4v) is 1.39. The largest absolute Gasteiger partial charge is 0.457 e. The standard InChI is InChI=1S/C8H14O3/c1-3-8(6-10-2)5-4-7(9)11-8/h3-6H2,1-2H3. The van der Waals surface area contributed by atoms with E-state index in [4.69, 9.17) is 9.47 Å². The second-order valence-corrected chi connectivity index (χ2v) is 2.94. The van der Waals surface area contributed by atoms with Crippen LogP contribution in [0.5, 0.6) is 0 Å². The fourth-order valence-electron chi connectivity index (χ4n) is 1.39. The van der Waals surface area contributed by atoms with E-state index in [0.29, 0.717) is 13.0 Å². The third-order valence-electron chi connectivity index (χ3n) is 2.17. The van der Waals surface area contributed by atoms with Crippen LogP contribution in [0, 0.1) is 0 Å². The van der Waals surface area contributed by atoms with Gasteiger partial charge in [-0.3, -0.25) is 4.79 Å². The number of ether oxygens (including phenoxy) is 2. The van der Waals surface area contributed by atoms with E-state index in [2.05, 4.69) is 0 Å². The molecule has 1 aliphatic rings. The number of carbonyl (C=O) groups is 1.